The van der Waals surface area contributed by atoms with Crippen molar-refractivity contribution in [3.63, 3.8) is 0 Å². The second-order valence-electron chi connectivity index (χ2n) is 10.2. The number of carbonyl (C=O) groups is 4. The number of nitrogens with zero attached hydrogens (tertiary/aromatic N) is 1. The Labute approximate surface area is 246 Å². The Morgan fingerprint density at radius 1 is 1.00 bits per heavy atom. The molecule has 0 saturated carbocycles. The summed E-state index contributed by atoms with van der Waals surface area (Å²) in [4.78, 5) is 51.3. The van der Waals surface area contributed by atoms with Crippen molar-refractivity contribution in [2.45, 2.75) is 65.5 Å². The monoisotopic (exact) mass is 587 g/mol. The van der Waals surface area contributed by atoms with Gasteiger partial charge in [-0.3, -0.25) is 9.59 Å². The van der Waals surface area contributed by atoms with E-state index in [2.05, 4.69) is 29.7 Å². The Balaban J connectivity index is 0.000000729. The van der Waals surface area contributed by atoms with Gasteiger partial charge >= 0.3 is 12.1 Å². The zero-order valence-electron chi connectivity index (χ0n) is 24.2. The number of hydrogen-bond acceptors (Lipinski definition) is 8. The molecule has 224 valence electrons. The Bertz CT molecular complexity index is 1120. The van der Waals surface area contributed by atoms with Crippen LogP contribution >= 0.6 is 11.8 Å². The summed E-state index contributed by atoms with van der Waals surface area (Å²) in [5, 5.41) is 15.0. The summed E-state index contributed by atoms with van der Waals surface area (Å²) in [6.45, 7) is 8.70. The molecule has 1 aliphatic heterocycles. The molecule has 0 aliphatic carbocycles. The maximum Gasteiger partial charge on any atom is 0.408 e. The van der Waals surface area contributed by atoms with Crippen LogP contribution in [0.1, 0.15) is 38.8 Å². The summed E-state index contributed by atoms with van der Waals surface area (Å²) in [5.41, 5.74) is 2.14. The number of aryl methyl sites for hydroxylation is 1. The van der Waals surface area contributed by atoms with Gasteiger partial charge in [0.1, 0.15) is 18.7 Å². The number of amides is 3. The van der Waals surface area contributed by atoms with Crippen LogP contribution in [0.5, 0.6) is 0 Å². The van der Waals surface area contributed by atoms with Crippen LogP contribution < -0.4 is 10.6 Å². The number of benzene rings is 2. The van der Waals surface area contributed by atoms with Gasteiger partial charge in [0.05, 0.1) is 18.5 Å². The number of thioether (sulfide) groups is 1. The molecule has 1 saturated heterocycles. The second kappa shape index (κ2) is 17.3. The first kappa shape index (κ1) is 33.6. The fourth-order valence-corrected chi connectivity index (χ4v) is 4.87. The van der Waals surface area contributed by atoms with E-state index in [1.165, 1.54) is 22.2 Å². The van der Waals surface area contributed by atoms with Crippen molar-refractivity contribution >= 4 is 35.6 Å². The van der Waals surface area contributed by atoms with E-state index in [0.717, 1.165) is 5.56 Å². The van der Waals surface area contributed by atoms with Gasteiger partial charge in [0.25, 0.3) is 0 Å². The van der Waals surface area contributed by atoms with Gasteiger partial charge in [0, 0.05) is 5.75 Å². The van der Waals surface area contributed by atoms with Gasteiger partial charge in [-0.15, -0.1) is 11.8 Å². The molecule has 3 rings (SSSR count). The number of nitrogens with one attached hydrogen (secondary N) is 2. The van der Waals surface area contributed by atoms with Crippen molar-refractivity contribution < 1.29 is 33.8 Å². The van der Waals surface area contributed by atoms with E-state index in [1.807, 2.05) is 48.5 Å². The fraction of sp³-hybridized carbons (Fsp3) is 0.467. The second-order valence-corrected chi connectivity index (χ2v) is 11.2. The maximum atomic E-state index is 13.2. The molecule has 11 heteroatoms. The van der Waals surface area contributed by atoms with E-state index in [9.17, 15) is 24.3 Å². The normalized spacial score (nSPS) is 15.8. The fourth-order valence-electron chi connectivity index (χ4n) is 3.70. The molecule has 2 aromatic rings. The molecule has 2 unspecified atom stereocenters. The van der Waals surface area contributed by atoms with Crippen LogP contribution in [0.3, 0.4) is 0 Å². The third kappa shape index (κ3) is 11.8. The summed E-state index contributed by atoms with van der Waals surface area (Å²) in [6, 6.07) is 17.7. The Morgan fingerprint density at radius 3 is 2.15 bits per heavy atom. The van der Waals surface area contributed by atoms with Crippen molar-refractivity contribution in [1.29, 1.82) is 0 Å². The van der Waals surface area contributed by atoms with Gasteiger partial charge in [-0.2, -0.15) is 0 Å². The van der Waals surface area contributed by atoms with Gasteiger partial charge in [-0.25, -0.2) is 9.59 Å². The summed E-state index contributed by atoms with van der Waals surface area (Å²) in [7, 11) is 0. The lowest BCUT2D eigenvalue weighted by Gasteiger charge is -2.29. The van der Waals surface area contributed by atoms with E-state index in [0.29, 0.717) is 5.75 Å². The number of alkyl carbamates (subject to hydrolysis) is 1. The van der Waals surface area contributed by atoms with Crippen LogP contribution in [-0.4, -0.2) is 76.3 Å². The number of esters is 1. The van der Waals surface area contributed by atoms with Crippen molar-refractivity contribution in [3.05, 3.63) is 71.8 Å². The van der Waals surface area contributed by atoms with Crippen molar-refractivity contribution in [1.82, 2.24) is 15.5 Å². The molecule has 0 spiro atoms. The molecule has 3 atom stereocenters. The largest absolute Gasteiger partial charge is 0.461 e. The van der Waals surface area contributed by atoms with Gasteiger partial charge in [0.15, 0.2) is 6.10 Å². The molecular formula is C30H41N3O7S. The molecule has 41 heavy (non-hydrogen) atoms. The van der Waals surface area contributed by atoms with Crippen LogP contribution in [0.2, 0.25) is 0 Å². The quantitative estimate of drug-likeness (QED) is 0.361. The predicted molar refractivity (Wildman–Crippen MR) is 158 cm³/mol. The molecule has 0 bridgehead atoms. The first-order valence-electron chi connectivity index (χ1n) is 13.5. The highest BCUT2D eigenvalue weighted by Gasteiger charge is 2.39. The molecule has 3 amide bonds. The highest BCUT2D eigenvalue weighted by molar-refractivity contribution is 7.99. The van der Waals surface area contributed by atoms with E-state index < -0.39 is 48.2 Å². The average molecular weight is 588 g/mol. The molecule has 1 heterocycles. The molecular weight excluding hydrogens is 546 g/mol. The molecule has 0 aromatic heterocycles. The number of aliphatic hydroxyl groups excluding tert-OH is 1. The molecule has 1 aliphatic rings. The van der Waals surface area contributed by atoms with Gasteiger partial charge in [-0.1, -0.05) is 80.1 Å². The summed E-state index contributed by atoms with van der Waals surface area (Å²) in [6.07, 6.45) is -2.62. The lowest BCUT2D eigenvalue weighted by atomic mass is 10.0. The number of hydrogen-bond donors (Lipinski definition) is 3. The van der Waals surface area contributed by atoms with Crippen LogP contribution in [-0.2, 0) is 30.5 Å². The zero-order valence-corrected chi connectivity index (χ0v) is 25.1. The lowest BCUT2D eigenvalue weighted by Crippen LogP contribution is -2.56. The number of carbonyl (C=O) groups excluding carboxylic acids is 4. The molecule has 3 N–H and O–H groups in total. The minimum Gasteiger partial charge on any atom is -0.461 e. The van der Waals surface area contributed by atoms with Crippen molar-refractivity contribution in [3.8, 4) is 0 Å². The van der Waals surface area contributed by atoms with E-state index in [-0.39, 0.29) is 24.9 Å². The van der Waals surface area contributed by atoms with E-state index in [4.69, 9.17) is 9.47 Å². The lowest BCUT2D eigenvalue weighted by molar-refractivity contribution is -0.157. The third-order valence-electron chi connectivity index (χ3n) is 5.92. The van der Waals surface area contributed by atoms with Crippen molar-refractivity contribution in [2.75, 3.05) is 18.2 Å². The van der Waals surface area contributed by atoms with Gasteiger partial charge in [0.2, 0.25) is 11.8 Å². The SMILES string of the molecule is CC(C)OC(=O)C(O)CNC(=O)[C@@H]1CSCN1C(=O)C(NC(=O)OCc1ccccc1)C(C)C.Cc1ccccc1. The molecule has 1 fully saturated rings. The van der Waals surface area contributed by atoms with Crippen LogP contribution in [0.25, 0.3) is 0 Å². The first-order valence-corrected chi connectivity index (χ1v) is 14.7. The van der Waals surface area contributed by atoms with Crippen LogP contribution in [0.15, 0.2) is 60.7 Å². The summed E-state index contributed by atoms with van der Waals surface area (Å²) in [5.74, 6) is -1.35. The molecule has 10 nitrogen and oxygen atoms in total. The van der Waals surface area contributed by atoms with Crippen LogP contribution in [0, 0.1) is 12.8 Å². The predicted octanol–water partition coefficient (Wildman–Crippen LogP) is 3.26. The number of rotatable bonds is 10. The average Bonchev–Trinajstić information content (AvgIpc) is 3.44. The Morgan fingerprint density at radius 2 is 1.61 bits per heavy atom. The smallest absolute Gasteiger partial charge is 0.408 e. The van der Waals surface area contributed by atoms with Gasteiger partial charge in [-0.05, 0) is 32.3 Å². The highest BCUT2D eigenvalue weighted by atomic mass is 32.2. The highest BCUT2D eigenvalue weighted by Crippen LogP contribution is 2.23. The van der Waals surface area contributed by atoms with Crippen LogP contribution in [0.4, 0.5) is 4.79 Å². The van der Waals surface area contributed by atoms with Crippen molar-refractivity contribution in [2.24, 2.45) is 5.92 Å². The number of aliphatic hydroxyl groups is 1. The first-order chi connectivity index (χ1) is 19.5. The summed E-state index contributed by atoms with van der Waals surface area (Å²) >= 11 is 1.40. The topological polar surface area (TPSA) is 134 Å². The Hall–Kier alpha value is -3.57. The van der Waals surface area contributed by atoms with E-state index >= 15 is 0 Å². The summed E-state index contributed by atoms with van der Waals surface area (Å²) < 4.78 is 10.1. The number of ether oxygens (including phenoxy) is 2. The zero-order chi connectivity index (χ0) is 30.4. The molecule has 0 radical (unpaired) electrons. The standard InChI is InChI=1S/C23H33N3O7S.C7H8/c1-14(2)19(25-23(31)32-11-16-8-6-5-7-9-16)21(29)26-13-34-12-17(26)20(28)24-10-18(27)22(30)33-15(3)4;1-7-5-3-2-4-6-7/h5-9,14-15,17-19,27H,10-13H2,1-4H3,(H,24,28)(H,25,31);2-6H,1H3/t17-,18?,19?;/m0./s1. The minimum absolute atomic E-state index is 0.0673. The van der Waals surface area contributed by atoms with E-state index in [1.54, 1.807) is 27.7 Å². The third-order valence-corrected chi connectivity index (χ3v) is 6.93. The molecule has 2 aromatic carbocycles. The van der Waals surface area contributed by atoms with Gasteiger partial charge < -0.3 is 30.1 Å². The maximum absolute atomic E-state index is 13.2. The Kier molecular flexibility index (Phi) is 14.2. The minimum atomic E-state index is -1.51.